The van der Waals surface area contributed by atoms with Gasteiger partial charge in [0.2, 0.25) is 5.95 Å². The van der Waals surface area contributed by atoms with E-state index in [0.717, 1.165) is 0 Å². The van der Waals surface area contributed by atoms with Crippen LogP contribution in [-0.4, -0.2) is 28.8 Å². The molecular weight excluding hydrogens is 296 g/mol. The Morgan fingerprint density at radius 3 is 2.43 bits per heavy atom. The number of imidazole rings is 1. The van der Waals surface area contributed by atoms with Crippen molar-refractivity contribution in [1.82, 2.24) is 9.55 Å². The average Bonchev–Trinajstić information content (AvgIpc) is 2.93. The summed E-state index contributed by atoms with van der Waals surface area (Å²) in [5, 5.41) is 5.21. The molecule has 0 fully saturated rings. The minimum absolute atomic E-state index is 0.0893. The van der Waals surface area contributed by atoms with E-state index in [1.807, 2.05) is 18.2 Å². The van der Waals surface area contributed by atoms with Crippen LogP contribution >= 0.6 is 0 Å². The van der Waals surface area contributed by atoms with Gasteiger partial charge < -0.3 is 10.1 Å². The average molecular weight is 310 g/mol. The van der Waals surface area contributed by atoms with E-state index in [2.05, 4.69) is 20.4 Å². The SMILES string of the molecule is COC(=O)Nc1nc2ccccc2n1C(=O)Nc1ccccc1. The van der Waals surface area contributed by atoms with E-state index in [9.17, 15) is 9.59 Å². The van der Waals surface area contributed by atoms with Crippen molar-refractivity contribution in [2.45, 2.75) is 0 Å². The largest absolute Gasteiger partial charge is 0.453 e. The maximum atomic E-state index is 12.6. The van der Waals surface area contributed by atoms with Gasteiger partial charge in [-0.25, -0.2) is 19.1 Å². The molecule has 3 rings (SSSR count). The summed E-state index contributed by atoms with van der Waals surface area (Å²) in [7, 11) is 1.24. The lowest BCUT2D eigenvalue weighted by atomic mass is 10.3. The zero-order chi connectivity index (χ0) is 16.2. The Bertz CT molecular complexity index is 858. The fourth-order valence-corrected chi connectivity index (χ4v) is 2.16. The minimum atomic E-state index is -0.700. The Labute approximate surface area is 131 Å². The number of carbonyl (C=O) groups is 2. The number of hydrogen-bond donors (Lipinski definition) is 2. The summed E-state index contributed by atoms with van der Waals surface area (Å²) >= 11 is 0. The predicted molar refractivity (Wildman–Crippen MR) is 86.6 cm³/mol. The van der Waals surface area contributed by atoms with Gasteiger partial charge in [-0.05, 0) is 24.3 Å². The maximum absolute atomic E-state index is 12.6. The Kier molecular flexibility index (Phi) is 3.92. The molecule has 0 radical (unpaired) electrons. The van der Waals surface area contributed by atoms with E-state index in [0.29, 0.717) is 16.7 Å². The quantitative estimate of drug-likeness (QED) is 0.760. The summed E-state index contributed by atoms with van der Waals surface area (Å²) < 4.78 is 5.86. The van der Waals surface area contributed by atoms with Crippen LogP contribution in [0.25, 0.3) is 11.0 Å². The van der Waals surface area contributed by atoms with Crippen molar-refractivity contribution in [1.29, 1.82) is 0 Å². The number of amides is 2. The summed E-state index contributed by atoms with van der Waals surface area (Å²) in [5.74, 6) is 0.0893. The van der Waals surface area contributed by atoms with Crippen LogP contribution in [0.3, 0.4) is 0 Å². The van der Waals surface area contributed by atoms with Gasteiger partial charge in [0.1, 0.15) is 0 Å². The summed E-state index contributed by atoms with van der Waals surface area (Å²) in [6.07, 6.45) is -0.700. The summed E-state index contributed by atoms with van der Waals surface area (Å²) in [5.41, 5.74) is 1.80. The molecule has 0 atom stereocenters. The first kappa shape index (κ1) is 14.6. The van der Waals surface area contributed by atoms with Crippen molar-refractivity contribution in [3.63, 3.8) is 0 Å². The third-order valence-electron chi connectivity index (χ3n) is 3.19. The van der Waals surface area contributed by atoms with E-state index < -0.39 is 12.1 Å². The van der Waals surface area contributed by atoms with Gasteiger partial charge in [-0.3, -0.25) is 5.32 Å². The number of carbonyl (C=O) groups excluding carboxylic acids is 2. The molecule has 0 spiro atoms. The molecule has 0 aliphatic carbocycles. The molecule has 1 aromatic heterocycles. The molecule has 0 saturated carbocycles. The van der Waals surface area contributed by atoms with Gasteiger partial charge in [-0.1, -0.05) is 30.3 Å². The van der Waals surface area contributed by atoms with Gasteiger partial charge >= 0.3 is 12.1 Å². The summed E-state index contributed by atoms with van der Waals surface area (Å²) in [6, 6.07) is 15.7. The molecule has 2 aromatic carbocycles. The highest BCUT2D eigenvalue weighted by atomic mass is 16.5. The van der Waals surface area contributed by atoms with Gasteiger partial charge in [-0.2, -0.15) is 0 Å². The predicted octanol–water partition coefficient (Wildman–Crippen LogP) is 3.29. The first-order valence-corrected chi connectivity index (χ1v) is 6.88. The number of methoxy groups -OCH3 is 1. The zero-order valence-electron chi connectivity index (χ0n) is 12.3. The second kappa shape index (κ2) is 6.18. The number of aromatic nitrogens is 2. The van der Waals surface area contributed by atoms with Crippen LogP contribution in [0.5, 0.6) is 0 Å². The van der Waals surface area contributed by atoms with Crippen molar-refractivity contribution in [2.24, 2.45) is 0 Å². The highest BCUT2D eigenvalue weighted by Gasteiger charge is 2.18. The van der Waals surface area contributed by atoms with Crippen LogP contribution in [0.2, 0.25) is 0 Å². The third-order valence-corrected chi connectivity index (χ3v) is 3.19. The van der Waals surface area contributed by atoms with Crippen molar-refractivity contribution in [3.05, 3.63) is 54.6 Å². The number of ether oxygens (including phenoxy) is 1. The van der Waals surface area contributed by atoms with Crippen LogP contribution < -0.4 is 10.6 Å². The second-order valence-corrected chi connectivity index (χ2v) is 4.67. The Balaban J connectivity index is 2.01. The van der Waals surface area contributed by atoms with Gasteiger partial charge in [0.05, 0.1) is 18.1 Å². The Hall–Kier alpha value is -3.35. The number of fused-ring (bicyclic) bond motifs is 1. The molecule has 23 heavy (non-hydrogen) atoms. The molecule has 0 aliphatic heterocycles. The van der Waals surface area contributed by atoms with Crippen molar-refractivity contribution in [3.8, 4) is 0 Å². The van der Waals surface area contributed by atoms with E-state index in [-0.39, 0.29) is 5.95 Å². The second-order valence-electron chi connectivity index (χ2n) is 4.67. The molecule has 3 aromatic rings. The molecule has 0 unspecified atom stereocenters. The van der Waals surface area contributed by atoms with Crippen LogP contribution in [0.4, 0.5) is 21.2 Å². The van der Waals surface area contributed by atoms with E-state index in [1.165, 1.54) is 11.7 Å². The van der Waals surface area contributed by atoms with Crippen molar-refractivity contribution >= 4 is 34.8 Å². The lowest BCUT2D eigenvalue weighted by molar-refractivity contribution is 0.186. The molecule has 1 heterocycles. The zero-order valence-corrected chi connectivity index (χ0v) is 12.3. The molecule has 2 amide bonds. The highest BCUT2D eigenvalue weighted by molar-refractivity contribution is 6.01. The van der Waals surface area contributed by atoms with Gasteiger partial charge in [-0.15, -0.1) is 0 Å². The van der Waals surface area contributed by atoms with E-state index in [1.54, 1.807) is 36.4 Å². The first-order chi connectivity index (χ1) is 11.2. The lowest BCUT2D eigenvalue weighted by Crippen LogP contribution is -2.23. The lowest BCUT2D eigenvalue weighted by Gasteiger charge is -2.09. The molecule has 2 N–H and O–H groups in total. The maximum Gasteiger partial charge on any atom is 0.413 e. The molecule has 7 heteroatoms. The highest BCUT2D eigenvalue weighted by Crippen LogP contribution is 2.20. The Morgan fingerprint density at radius 2 is 1.70 bits per heavy atom. The monoisotopic (exact) mass is 310 g/mol. The number of benzene rings is 2. The van der Waals surface area contributed by atoms with Crippen LogP contribution in [0, 0.1) is 0 Å². The molecule has 0 saturated heterocycles. The van der Waals surface area contributed by atoms with E-state index >= 15 is 0 Å². The Morgan fingerprint density at radius 1 is 1.00 bits per heavy atom. The van der Waals surface area contributed by atoms with Gasteiger partial charge in [0.25, 0.3) is 0 Å². The normalized spacial score (nSPS) is 10.3. The molecule has 7 nitrogen and oxygen atoms in total. The number of nitrogens with one attached hydrogen (secondary N) is 2. The number of nitrogens with zero attached hydrogens (tertiary/aromatic N) is 2. The van der Waals surface area contributed by atoms with Crippen molar-refractivity contribution < 1.29 is 14.3 Å². The number of para-hydroxylation sites is 3. The molecule has 0 aliphatic rings. The van der Waals surface area contributed by atoms with Crippen molar-refractivity contribution in [2.75, 3.05) is 17.7 Å². The number of anilines is 2. The van der Waals surface area contributed by atoms with Crippen LogP contribution in [0.1, 0.15) is 0 Å². The summed E-state index contributed by atoms with van der Waals surface area (Å²) in [4.78, 5) is 28.3. The third kappa shape index (κ3) is 2.98. The minimum Gasteiger partial charge on any atom is -0.453 e. The number of hydrogen-bond acceptors (Lipinski definition) is 4. The molecular formula is C16H14N4O3. The fraction of sp³-hybridized carbons (Fsp3) is 0.0625. The topological polar surface area (TPSA) is 85.2 Å². The smallest absolute Gasteiger partial charge is 0.413 e. The first-order valence-electron chi connectivity index (χ1n) is 6.88. The molecule has 116 valence electrons. The fourth-order valence-electron chi connectivity index (χ4n) is 2.16. The van der Waals surface area contributed by atoms with E-state index in [4.69, 9.17) is 0 Å². The van der Waals surface area contributed by atoms with Gasteiger partial charge in [0, 0.05) is 5.69 Å². The van der Waals surface area contributed by atoms with Crippen LogP contribution in [-0.2, 0) is 4.74 Å². The number of rotatable bonds is 2. The van der Waals surface area contributed by atoms with Crippen LogP contribution in [0.15, 0.2) is 54.6 Å². The summed E-state index contributed by atoms with van der Waals surface area (Å²) in [6.45, 7) is 0. The molecule has 0 bridgehead atoms. The van der Waals surface area contributed by atoms with Gasteiger partial charge in [0.15, 0.2) is 0 Å². The standard InChI is InChI=1S/C16H14N4O3/c1-23-16(22)19-14-18-12-9-5-6-10-13(12)20(14)15(21)17-11-7-3-2-4-8-11/h2-10H,1H3,(H,17,21)(H,18,19,22).